The lowest BCUT2D eigenvalue weighted by Gasteiger charge is -2.28. The van der Waals surface area contributed by atoms with Crippen LogP contribution >= 0.6 is 0 Å². The summed E-state index contributed by atoms with van der Waals surface area (Å²) in [5.41, 5.74) is 1.29. The number of fused-ring (bicyclic) bond motifs is 1. The maximum absolute atomic E-state index is 12.2. The number of piperidine rings is 1. The van der Waals surface area contributed by atoms with Crippen molar-refractivity contribution in [2.75, 3.05) is 37.6 Å². The van der Waals surface area contributed by atoms with E-state index in [1.165, 1.54) is 6.42 Å². The third-order valence-electron chi connectivity index (χ3n) is 5.86. The molecule has 162 valence electrons. The van der Waals surface area contributed by atoms with Gasteiger partial charge in [-0.1, -0.05) is 5.16 Å². The number of hydrogen-bond acceptors (Lipinski definition) is 7. The molecule has 2 fully saturated rings. The first-order valence-electron chi connectivity index (χ1n) is 11.0. The second kappa shape index (κ2) is 9.40. The lowest BCUT2D eigenvalue weighted by Crippen LogP contribution is -2.31. The van der Waals surface area contributed by atoms with Gasteiger partial charge in [0.25, 0.3) is 5.71 Å². The minimum atomic E-state index is -0.0280. The van der Waals surface area contributed by atoms with Crippen LogP contribution in [0.25, 0.3) is 11.1 Å². The van der Waals surface area contributed by atoms with Gasteiger partial charge in [0.2, 0.25) is 11.8 Å². The fourth-order valence-corrected chi connectivity index (χ4v) is 4.21. The van der Waals surface area contributed by atoms with Crippen molar-refractivity contribution in [3.63, 3.8) is 0 Å². The monoisotopic (exact) mass is 414 g/mol. The molecule has 4 heterocycles. The van der Waals surface area contributed by atoms with Crippen molar-refractivity contribution in [2.45, 2.75) is 58.3 Å². The third-order valence-corrected chi connectivity index (χ3v) is 5.86. The van der Waals surface area contributed by atoms with E-state index < -0.39 is 0 Å². The summed E-state index contributed by atoms with van der Waals surface area (Å²) in [6, 6.07) is 0. The fraction of sp³-hybridized carbons (Fsp3) is 0.667. The van der Waals surface area contributed by atoms with Gasteiger partial charge in [-0.15, -0.1) is 0 Å². The number of carbonyl (C=O) groups excluding carboxylic acids is 2. The fourth-order valence-electron chi connectivity index (χ4n) is 4.21. The molecule has 0 saturated carbocycles. The van der Waals surface area contributed by atoms with Crippen LogP contribution in [-0.2, 0) is 16.0 Å². The predicted octanol–water partition coefficient (Wildman–Crippen LogP) is 1.98. The number of amides is 2. The zero-order chi connectivity index (χ0) is 20.9. The molecule has 0 radical (unpaired) electrons. The molecule has 1 N–H and O–H groups in total. The van der Waals surface area contributed by atoms with E-state index in [0.29, 0.717) is 43.9 Å². The number of aromatic nitrogens is 3. The molecule has 4 rings (SSSR count). The van der Waals surface area contributed by atoms with Gasteiger partial charge in [0.05, 0.1) is 5.69 Å². The van der Waals surface area contributed by atoms with E-state index in [1.54, 1.807) is 0 Å². The van der Waals surface area contributed by atoms with Crippen molar-refractivity contribution in [3.8, 4) is 0 Å². The Labute approximate surface area is 176 Å². The molecule has 0 atom stereocenters. The third kappa shape index (κ3) is 4.71. The van der Waals surface area contributed by atoms with Gasteiger partial charge in [0, 0.05) is 52.0 Å². The van der Waals surface area contributed by atoms with Crippen molar-refractivity contribution in [3.05, 3.63) is 11.5 Å². The molecule has 0 spiro atoms. The van der Waals surface area contributed by atoms with E-state index in [1.807, 2.05) is 11.8 Å². The number of anilines is 1. The number of aryl methyl sites for hydroxylation is 2. The predicted molar refractivity (Wildman–Crippen MR) is 112 cm³/mol. The van der Waals surface area contributed by atoms with E-state index in [2.05, 4.69) is 20.4 Å². The summed E-state index contributed by atoms with van der Waals surface area (Å²) in [4.78, 5) is 37.3. The van der Waals surface area contributed by atoms with Gasteiger partial charge in [-0.25, -0.2) is 4.98 Å². The molecule has 2 aromatic heterocycles. The van der Waals surface area contributed by atoms with Crippen LogP contribution in [0.2, 0.25) is 0 Å². The summed E-state index contributed by atoms with van der Waals surface area (Å²) >= 11 is 0. The smallest absolute Gasteiger partial charge is 0.263 e. The molecule has 0 bridgehead atoms. The second-order valence-electron chi connectivity index (χ2n) is 8.15. The average molecular weight is 415 g/mol. The van der Waals surface area contributed by atoms with Gasteiger partial charge in [-0.3, -0.25) is 9.59 Å². The normalized spacial score (nSPS) is 17.2. The molecule has 9 nitrogen and oxygen atoms in total. The highest BCUT2D eigenvalue weighted by molar-refractivity contribution is 5.88. The second-order valence-corrected chi connectivity index (χ2v) is 8.15. The van der Waals surface area contributed by atoms with Crippen LogP contribution in [0.5, 0.6) is 0 Å². The number of rotatable bonds is 8. The summed E-state index contributed by atoms with van der Waals surface area (Å²) < 4.78 is 5.40. The highest BCUT2D eigenvalue weighted by Crippen LogP contribution is 2.29. The molecule has 0 aromatic carbocycles. The molecule has 2 aromatic rings. The first-order valence-corrected chi connectivity index (χ1v) is 11.0. The SMILES string of the molecule is Cc1noc2nc(CCC(=O)NCCCN3CCCC3=O)nc(N3CCCCC3)c12. The number of nitrogens with one attached hydrogen (secondary N) is 1. The van der Waals surface area contributed by atoms with Gasteiger partial charge in [-0.2, -0.15) is 4.98 Å². The summed E-state index contributed by atoms with van der Waals surface area (Å²) in [6.45, 7) is 5.97. The molecule has 2 aliphatic heterocycles. The van der Waals surface area contributed by atoms with E-state index in [9.17, 15) is 9.59 Å². The van der Waals surface area contributed by atoms with Gasteiger partial charge in [0.1, 0.15) is 17.0 Å². The molecular formula is C21H30N6O3. The van der Waals surface area contributed by atoms with Crippen LogP contribution in [0.3, 0.4) is 0 Å². The van der Waals surface area contributed by atoms with E-state index in [-0.39, 0.29) is 11.8 Å². The summed E-state index contributed by atoms with van der Waals surface area (Å²) in [5.74, 6) is 1.68. The number of hydrogen-bond donors (Lipinski definition) is 1. The van der Waals surface area contributed by atoms with Crippen molar-refractivity contribution in [2.24, 2.45) is 0 Å². The van der Waals surface area contributed by atoms with Crippen molar-refractivity contribution < 1.29 is 14.1 Å². The Kier molecular flexibility index (Phi) is 6.44. The standard InChI is InChI=1S/C21H30N6O3/c1-15-19-20(27-11-3-2-4-12-27)23-16(24-21(19)30-25-15)8-9-17(28)22-10-6-14-26-13-5-7-18(26)29/h2-14H2,1H3,(H,22,28). The molecule has 2 amide bonds. The Morgan fingerprint density at radius 2 is 1.97 bits per heavy atom. The minimum Gasteiger partial charge on any atom is -0.356 e. The van der Waals surface area contributed by atoms with Crippen LogP contribution in [0.4, 0.5) is 5.82 Å². The quantitative estimate of drug-likeness (QED) is 0.659. The number of carbonyl (C=O) groups is 2. The average Bonchev–Trinajstić information content (AvgIpc) is 3.35. The maximum Gasteiger partial charge on any atom is 0.263 e. The lowest BCUT2D eigenvalue weighted by molar-refractivity contribution is -0.127. The largest absolute Gasteiger partial charge is 0.356 e. The van der Waals surface area contributed by atoms with Crippen LogP contribution in [0.15, 0.2) is 4.52 Å². The summed E-state index contributed by atoms with van der Waals surface area (Å²) in [6.07, 6.45) is 6.68. The summed E-state index contributed by atoms with van der Waals surface area (Å²) in [5, 5.41) is 7.87. The topological polar surface area (TPSA) is 104 Å². The van der Waals surface area contributed by atoms with E-state index in [4.69, 9.17) is 9.51 Å². The Hall–Kier alpha value is -2.71. The Morgan fingerprint density at radius 1 is 1.13 bits per heavy atom. The lowest BCUT2D eigenvalue weighted by atomic mass is 10.1. The molecule has 9 heteroatoms. The Morgan fingerprint density at radius 3 is 2.73 bits per heavy atom. The maximum atomic E-state index is 12.2. The molecule has 2 aliphatic rings. The zero-order valence-corrected chi connectivity index (χ0v) is 17.7. The number of likely N-dealkylation sites (tertiary alicyclic amines) is 1. The molecular weight excluding hydrogens is 384 g/mol. The van der Waals surface area contributed by atoms with Gasteiger partial charge in [-0.05, 0) is 39.0 Å². The van der Waals surface area contributed by atoms with Crippen LogP contribution in [0, 0.1) is 6.92 Å². The minimum absolute atomic E-state index is 0.0280. The van der Waals surface area contributed by atoms with Crippen LogP contribution in [-0.4, -0.2) is 64.6 Å². The van der Waals surface area contributed by atoms with E-state index >= 15 is 0 Å². The molecule has 2 saturated heterocycles. The number of nitrogens with zero attached hydrogens (tertiary/aromatic N) is 5. The van der Waals surface area contributed by atoms with Gasteiger partial charge < -0.3 is 19.6 Å². The van der Waals surface area contributed by atoms with E-state index in [0.717, 1.165) is 62.2 Å². The highest BCUT2D eigenvalue weighted by atomic mass is 16.5. The Balaban J connectivity index is 1.32. The molecule has 0 aliphatic carbocycles. The first kappa shape index (κ1) is 20.6. The Bertz CT molecular complexity index is 906. The zero-order valence-electron chi connectivity index (χ0n) is 17.7. The van der Waals surface area contributed by atoms with Gasteiger partial charge in [0.15, 0.2) is 0 Å². The van der Waals surface area contributed by atoms with Gasteiger partial charge >= 0.3 is 0 Å². The molecule has 0 unspecified atom stereocenters. The highest BCUT2D eigenvalue weighted by Gasteiger charge is 2.22. The van der Waals surface area contributed by atoms with Crippen LogP contribution < -0.4 is 10.2 Å². The summed E-state index contributed by atoms with van der Waals surface area (Å²) in [7, 11) is 0. The van der Waals surface area contributed by atoms with Crippen molar-refractivity contribution in [1.82, 2.24) is 25.3 Å². The first-order chi connectivity index (χ1) is 14.6. The van der Waals surface area contributed by atoms with Crippen molar-refractivity contribution >= 4 is 28.7 Å². The van der Waals surface area contributed by atoms with Crippen molar-refractivity contribution in [1.29, 1.82) is 0 Å². The van der Waals surface area contributed by atoms with Crippen LogP contribution in [0.1, 0.15) is 56.5 Å². The molecule has 30 heavy (non-hydrogen) atoms.